The van der Waals surface area contributed by atoms with Crippen molar-refractivity contribution >= 4 is 24.2 Å². The number of rotatable bonds is 12. The summed E-state index contributed by atoms with van der Waals surface area (Å²) in [5.41, 5.74) is 4.14. The molecule has 0 aliphatic heterocycles. The van der Waals surface area contributed by atoms with Crippen LogP contribution in [0.5, 0.6) is 11.5 Å². The largest absolute Gasteiger partial charge is 0.508 e. The zero-order valence-corrected chi connectivity index (χ0v) is 20.7. The molecule has 1 atom stereocenters. The van der Waals surface area contributed by atoms with Crippen molar-refractivity contribution in [2.24, 2.45) is 0 Å². The molecule has 3 aromatic rings. The lowest BCUT2D eigenvalue weighted by molar-refractivity contribution is -0.148. The molecule has 0 aliphatic carbocycles. The molecule has 0 saturated carbocycles. The lowest BCUT2D eigenvalue weighted by Crippen LogP contribution is -2.20. The molecule has 5 heteroatoms. The Morgan fingerprint density at radius 3 is 2.08 bits per heavy atom. The van der Waals surface area contributed by atoms with E-state index in [9.17, 15) is 9.90 Å². The molecule has 3 aromatic carbocycles. The predicted molar refractivity (Wildman–Crippen MR) is 144 cm³/mol. The summed E-state index contributed by atoms with van der Waals surface area (Å²) in [6.45, 7) is 4.04. The van der Waals surface area contributed by atoms with Gasteiger partial charge < -0.3 is 19.3 Å². The van der Waals surface area contributed by atoms with Gasteiger partial charge in [0.15, 0.2) is 6.29 Å². The number of hydrogen-bond acceptors (Lipinski definition) is 5. The average molecular weight is 485 g/mol. The quantitative estimate of drug-likeness (QED) is 0.131. The Morgan fingerprint density at radius 2 is 1.44 bits per heavy atom. The molecule has 3 rings (SSSR count). The fraction of sp³-hybridized carbons (Fsp3) is 0.194. The molecule has 0 heterocycles. The van der Waals surface area contributed by atoms with Crippen molar-refractivity contribution < 1.29 is 24.1 Å². The van der Waals surface area contributed by atoms with E-state index >= 15 is 0 Å². The van der Waals surface area contributed by atoms with Crippen LogP contribution in [0.3, 0.4) is 0 Å². The van der Waals surface area contributed by atoms with Gasteiger partial charge >= 0.3 is 5.97 Å². The molecule has 36 heavy (non-hydrogen) atoms. The summed E-state index contributed by atoms with van der Waals surface area (Å²) in [7, 11) is 0. The molecule has 0 aliphatic rings. The topological polar surface area (TPSA) is 65.0 Å². The molecule has 1 N–H and O–H groups in total. The van der Waals surface area contributed by atoms with E-state index < -0.39 is 6.29 Å². The first-order valence-electron chi connectivity index (χ1n) is 12.0. The van der Waals surface area contributed by atoms with Crippen LogP contribution in [0.25, 0.3) is 18.2 Å². The van der Waals surface area contributed by atoms with Gasteiger partial charge in [0, 0.05) is 6.42 Å². The Hall–Kier alpha value is -4.09. The van der Waals surface area contributed by atoms with Crippen LogP contribution in [0.1, 0.15) is 37.0 Å². The fourth-order valence-corrected chi connectivity index (χ4v) is 3.22. The van der Waals surface area contributed by atoms with Gasteiger partial charge in [0.25, 0.3) is 0 Å². The summed E-state index contributed by atoms with van der Waals surface area (Å²) in [5, 5.41) is 9.57. The summed E-state index contributed by atoms with van der Waals surface area (Å²) < 4.78 is 16.3. The number of ether oxygens (including phenoxy) is 3. The summed E-state index contributed by atoms with van der Waals surface area (Å²) in [6, 6.07) is 25.0. The van der Waals surface area contributed by atoms with Gasteiger partial charge in [-0.3, -0.25) is 4.79 Å². The highest BCUT2D eigenvalue weighted by molar-refractivity contribution is 5.69. The lowest BCUT2D eigenvalue weighted by Gasteiger charge is -2.15. The van der Waals surface area contributed by atoms with Gasteiger partial charge in [0.05, 0.1) is 6.61 Å². The number of phenols is 1. The minimum Gasteiger partial charge on any atom is -0.508 e. The van der Waals surface area contributed by atoms with Gasteiger partial charge in [-0.2, -0.15) is 0 Å². The van der Waals surface area contributed by atoms with Crippen LogP contribution in [0, 0.1) is 0 Å². The fourth-order valence-electron chi connectivity index (χ4n) is 3.22. The third kappa shape index (κ3) is 9.65. The maximum Gasteiger partial charge on any atom is 0.305 e. The zero-order valence-electron chi connectivity index (χ0n) is 20.7. The standard InChI is InChI=1S/C31H32O5/c1-3-31(33)35-22-21-34-24(2)36-30-19-15-26(16-20-30)10-12-27(11-9-25-7-5-4-6-8-25)23-28-13-17-29(32)18-14-28/h4-20,23-24,32H,3,21-22H2,1-2H3. The van der Waals surface area contributed by atoms with E-state index in [4.69, 9.17) is 14.2 Å². The monoisotopic (exact) mass is 484 g/mol. The van der Waals surface area contributed by atoms with Gasteiger partial charge in [-0.25, -0.2) is 0 Å². The van der Waals surface area contributed by atoms with Gasteiger partial charge in [0.1, 0.15) is 18.1 Å². The molecule has 0 aromatic heterocycles. The van der Waals surface area contributed by atoms with E-state index in [2.05, 4.69) is 30.4 Å². The maximum atomic E-state index is 11.1. The number of esters is 1. The molecule has 0 saturated heterocycles. The summed E-state index contributed by atoms with van der Waals surface area (Å²) >= 11 is 0. The van der Waals surface area contributed by atoms with Gasteiger partial charge in [-0.1, -0.05) is 85.8 Å². The number of carbonyl (C=O) groups is 1. The SMILES string of the molecule is CCC(=O)OCCOC(C)Oc1ccc(C=CC(C=Cc2ccccc2)=Cc2ccc(O)cc2)cc1. The van der Waals surface area contributed by atoms with Crippen molar-refractivity contribution in [2.75, 3.05) is 13.2 Å². The van der Waals surface area contributed by atoms with Crippen molar-refractivity contribution in [1.29, 1.82) is 0 Å². The molecule has 0 amide bonds. The summed E-state index contributed by atoms with van der Waals surface area (Å²) in [6.07, 6.45) is 10.2. The van der Waals surface area contributed by atoms with E-state index in [1.807, 2.05) is 66.7 Å². The molecular weight excluding hydrogens is 452 g/mol. The van der Waals surface area contributed by atoms with Crippen LogP contribution in [-0.2, 0) is 14.3 Å². The number of aromatic hydroxyl groups is 1. The molecule has 1 unspecified atom stereocenters. The molecule has 0 fully saturated rings. The Balaban J connectivity index is 1.63. The third-order valence-electron chi connectivity index (χ3n) is 5.13. The Bertz CT molecular complexity index is 1160. The molecule has 0 spiro atoms. The molecular formula is C31H32O5. The van der Waals surface area contributed by atoms with E-state index in [0.717, 1.165) is 22.3 Å². The van der Waals surface area contributed by atoms with E-state index in [1.165, 1.54) is 0 Å². The van der Waals surface area contributed by atoms with E-state index in [1.54, 1.807) is 26.0 Å². The minimum absolute atomic E-state index is 0.211. The van der Waals surface area contributed by atoms with Crippen molar-refractivity contribution in [3.8, 4) is 11.5 Å². The normalized spacial score (nSPS) is 12.7. The number of phenolic OH excluding ortho intramolecular Hbond substituents is 1. The summed E-state index contributed by atoms with van der Waals surface area (Å²) in [4.78, 5) is 11.1. The smallest absolute Gasteiger partial charge is 0.305 e. The van der Waals surface area contributed by atoms with Crippen LogP contribution >= 0.6 is 0 Å². The minimum atomic E-state index is -0.463. The summed E-state index contributed by atoms with van der Waals surface area (Å²) in [5.74, 6) is 0.687. The predicted octanol–water partition coefficient (Wildman–Crippen LogP) is 6.90. The van der Waals surface area contributed by atoms with Crippen LogP contribution in [0.4, 0.5) is 0 Å². The van der Waals surface area contributed by atoms with Crippen LogP contribution in [-0.4, -0.2) is 30.6 Å². The molecule has 5 nitrogen and oxygen atoms in total. The number of benzene rings is 3. The number of carbonyl (C=O) groups excluding carboxylic acids is 1. The Kier molecular flexibility index (Phi) is 10.6. The molecule has 186 valence electrons. The lowest BCUT2D eigenvalue weighted by atomic mass is 10.1. The second-order valence-corrected chi connectivity index (χ2v) is 8.01. The highest BCUT2D eigenvalue weighted by Crippen LogP contribution is 2.18. The van der Waals surface area contributed by atoms with Crippen LogP contribution in [0.2, 0.25) is 0 Å². The average Bonchev–Trinajstić information content (AvgIpc) is 2.90. The van der Waals surface area contributed by atoms with Gasteiger partial charge in [-0.05, 0) is 59.5 Å². The second-order valence-electron chi connectivity index (χ2n) is 8.01. The van der Waals surface area contributed by atoms with Crippen molar-refractivity contribution in [2.45, 2.75) is 26.6 Å². The first kappa shape index (κ1) is 26.5. The first-order chi connectivity index (χ1) is 17.5. The molecule has 0 radical (unpaired) electrons. The third-order valence-corrected chi connectivity index (χ3v) is 5.13. The Morgan fingerprint density at radius 1 is 0.833 bits per heavy atom. The highest BCUT2D eigenvalue weighted by Gasteiger charge is 2.05. The van der Waals surface area contributed by atoms with Crippen LogP contribution < -0.4 is 4.74 Å². The number of allylic oxidation sites excluding steroid dienone is 3. The van der Waals surface area contributed by atoms with Crippen molar-refractivity contribution in [3.05, 3.63) is 113 Å². The maximum absolute atomic E-state index is 11.1. The number of hydrogen-bond donors (Lipinski definition) is 1. The zero-order chi connectivity index (χ0) is 25.6. The Labute approximate surface area is 213 Å². The van der Waals surface area contributed by atoms with Gasteiger partial charge in [-0.15, -0.1) is 0 Å². The second kappa shape index (κ2) is 14.3. The first-order valence-corrected chi connectivity index (χ1v) is 12.0. The van der Waals surface area contributed by atoms with Crippen molar-refractivity contribution in [3.63, 3.8) is 0 Å². The van der Waals surface area contributed by atoms with Crippen molar-refractivity contribution in [1.82, 2.24) is 0 Å². The highest BCUT2D eigenvalue weighted by atomic mass is 16.7. The van der Waals surface area contributed by atoms with E-state index in [0.29, 0.717) is 12.2 Å². The van der Waals surface area contributed by atoms with Gasteiger partial charge in [0.2, 0.25) is 0 Å². The molecule has 0 bridgehead atoms. The van der Waals surface area contributed by atoms with E-state index in [-0.39, 0.29) is 24.9 Å². The van der Waals surface area contributed by atoms with Crippen LogP contribution in [0.15, 0.2) is 96.6 Å².